The van der Waals surface area contributed by atoms with Crippen LogP contribution in [0, 0.1) is 52.3 Å². The monoisotopic (exact) mass is 486 g/mol. The van der Waals surface area contributed by atoms with Crippen molar-refractivity contribution >= 4 is 17.5 Å². The number of fused-ring (bicyclic) bond motifs is 7. The Labute approximate surface area is 209 Å². The molecule has 0 amide bonds. The summed E-state index contributed by atoms with van der Waals surface area (Å²) < 4.78 is 18.4. The van der Waals surface area contributed by atoms with E-state index in [1.807, 2.05) is 6.92 Å². The van der Waals surface area contributed by atoms with E-state index in [1.54, 1.807) is 0 Å². The van der Waals surface area contributed by atoms with Crippen molar-refractivity contribution in [2.75, 3.05) is 6.61 Å². The SMILES string of the molecule is CC(=O)O[C@H]1CC[C@@]2(C)[C@@H](CC[C@@H]3[C@@H]2CC(=O)[C@]2(C)[C@@H]4[C@H](C[C@@H]32)O[C@@]2(OC[C@H](C)CC2=O)[C@H]4C)C1. The lowest BCUT2D eigenvalue weighted by Gasteiger charge is -2.60. The van der Waals surface area contributed by atoms with Gasteiger partial charge in [-0.3, -0.25) is 14.4 Å². The molecule has 1 spiro atoms. The third kappa shape index (κ3) is 3.17. The number of carbonyl (C=O) groups excluding carboxylic acids is 3. The topological polar surface area (TPSA) is 78.9 Å². The molecule has 6 aliphatic rings. The van der Waals surface area contributed by atoms with E-state index in [1.165, 1.54) is 6.92 Å². The minimum absolute atomic E-state index is 0.0266. The van der Waals surface area contributed by atoms with Crippen LogP contribution in [0.5, 0.6) is 0 Å². The number of ketones is 2. The van der Waals surface area contributed by atoms with Gasteiger partial charge < -0.3 is 14.2 Å². The van der Waals surface area contributed by atoms with Crippen LogP contribution in [0.15, 0.2) is 0 Å². The normalized spacial score (nSPS) is 55.2. The van der Waals surface area contributed by atoms with E-state index in [0.717, 1.165) is 38.5 Å². The van der Waals surface area contributed by atoms with Crippen molar-refractivity contribution in [1.29, 1.82) is 0 Å². The van der Waals surface area contributed by atoms with Crippen LogP contribution in [0.25, 0.3) is 0 Å². The fourth-order valence-corrected chi connectivity index (χ4v) is 10.2. The number of ether oxygens (including phenoxy) is 3. The van der Waals surface area contributed by atoms with Gasteiger partial charge in [-0.15, -0.1) is 0 Å². The Morgan fingerprint density at radius 3 is 2.49 bits per heavy atom. The van der Waals surface area contributed by atoms with Crippen LogP contribution >= 0.6 is 0 Å². The van der Waals surface area contributed by atoms with Gasteiger partial charge in [-0.1, -0.05) is 27.7 Å². The molecule has 2 aliphatic heterocycles. The second kappa shape index (κ2) is 7.86. The minimum Gasteiger partial charge on any atom is -0.463 e. The fourth-order valence-electron chi connectivity index (χ4n) is 10.2. The van der Waals surface area contributed by atoms with Gasteiger partial charge in [-0.2, -0.15) is 0 Å². The maximum Gasteiger partial charge on any atom is 0.302 e. The average Bonchev–Trinajstić information content (AvgIpc) is 3.24. The molecule has 6 heteroatoms. The second-order valence-electron chi connectivity index (χ2n) is 13.5. The number of carbonyl (C=O) groups is 3. The second-order valence-corrected chi connectivity index (χ2v) is 13.5. The number of esters is 1. The molecule has 0 aromatic rings. The van der Waals surface area contributed by atoms with E-state index in [-0.39, 0.29) is 47.1 Å². The van der Waals surface area contributed by atoms with Crippen molar-refractivity contribution in [2.45, 2.75) is 104 Å². The van der Waals surface area contributed by atoms with Crippen molar-refractivity contribution < 1.29 is 28.6 Å². The third-order valence-corrected chi connectivity index (χ3v) is 11.9. The molecule has 6 nitrogen and oxygen atoms in total. The molecule has 35 heavy (non-hydrogen) atoms. The Morgan fingerprint density at radius 2 is 1.77 bits per heavy atom. The largest absolute Gasteiger partial charge is 0.463 e. The zero-order valence-electron chi connectivity index (χ0n) is 22.0. The van der Waals surface area contributed by atoms with Gasteiger partial charge in [0.2, 0.25) is 5.79 Å². The van der Waals surface area contributed by atoms with Gasteiger partial charge in [-0.05, 0) is 73.5 Å². The first kappa shape index (κ1) is 24.1. The summed E-state index contributed by atoms with van der Waals surface area (Å²) in [5, 5.41) is 0. The molecule has 0 bridgehead atoms. The summed E-state index contributed by atoms with van der Waals surface area (Å²) in [4.78, 5) is 38.8. The van der Waals surface area contributed by atoms with Crippen LogP contribution in [0.2, 0.25) is 0 Å². The zero-order valence-corrected chi connectivity index (χ0v) is 22.0. The van der Waals surface area contributed by atoms with Crippen molar-refractivity contribution in [3.63, 3.8) is 0 Å². The van der Waals surface area contributed by atoms with Gasteiger partial charge in [-0.25, -0.2) is 0 Å². The summed E-state index contributed by atoms with van der Waals surface area (Å²) in [5.41, 5.74) is -0.319. The third-order valence-electron chi connectivity index (χ3n) is 11.9. The summed E-state index contributed by atoms with van der Waals surface area (Å²) in [6.07, 6.45) is 7.08. The predicted octanol–water partition coefficient (Wildman–Crippen LogP) is 4.72. The van der Waals surface area contributed by atoms with E-state index >= 15 is 0 Å². The number of hydrogen-bond acceptors (Lipinski definition) is 6. The highest BCUT2D eigenvalue weighted by atomic mass is 16.7. The summed E-state index contributed by atoms with van der Waals surface area (Å²) in [7, 11) is 0. The van der Waals surface area contributed by atoms with Gasteiger partial charge in [0, 0.05) is 37.0 Å². The molecule has 194 valence electrons. The Bertz CT molecular complexity index is 945. The number of rotatable bonds is 1. The highest BCUT2D eigenvalue weighted by Crippen LogP contribution is 2.70. The first-order chi connectivity index (χ1) is 16.5. The lowest BCUT2D eigenvalue weighted by molar-refractivity contribution is -0.252. The van der Waals surface area contributed by atoms with E-state index in [0.29, 0.717) is 48.9 Å². The van der Waals surface area contributed by atoms with Crippen molar-refractivity contribution in [3.8, 4) is 0 Å². The molecular formula is C29H42O6. The minimum atomic E-state index is -1.15. The van der Waals surface area contributed by atoms with Gasteiger partial charge in [0.15, 0.2) is 5.78 Å². The van der Waals surface area contributed by atoms with Crippen molar-refractivity contribution in [3.05, 3.63) is 0 Å². The molecule has 12 atom stereocenters. The molecule has 0 aromatic carbocycles. The van der Waals surface area contributed by atoms with Gasteiger partial charge in [0.1, 0.15) is 11.9 Å². The molecular weight excluding hydrogens is 444 g/mol. The van der Waals surface area contributed by atoms with E-state index < -0.39 is 11.2 Å². The van der Waals surface area contributed by atoms with Crippen molar-refractivity contribution in [1.82, 2.24) is 0 Å². The standard InChI is InChI=1S/C29H42O6/c1-15-10-25(32)29(33-14-15)16(2)26-23(35-29)12-22-20-7-6-18-11-19(34-17(3)30)8-9-27(18,4)21(20)13-24(31)28(22,26)5/h15-16,18-23,26H,6-14H2,1-5H3/t15-,16+,18+,19+,20-,21+,22+,23+,26+,27+,28-,29+/m1/s1. The highest BCUT2D eigenvalue weighted by Gasteiger charge is 2.73. The van der Waals surface area contributed by atoms with E-state index in [2.05, 4.69) is 20.8 Å². The Hall–Kier alpha value is -1.27. The molecule has 2 saturated heterocycles. The molecule has 4 saturated carbocycles. The molecule has 0 radical (unpaired) electrons. The summed E-state index contributed by atoms with van der Waals surface area (Å²) in [6.45, 7) is 10.8. The molecule has 0 aromatic heterocycles. The predicted molar refractivity (Wildman–Crippen MR) is 128 cm³/mol. The molecule has 0 N–H and O–H groups in total. The lowest BCUT2D eigenvalue weighted by atomic mass is 9.44. The van der Waals surface area contributed by atoms with E-state index in [9.17, 15) is 14.4 Å². The lowest BCUT2D eigenvalue weighted by Crippen LogP contribution is -2.59. The van der Waals surface area contributed by atoms with Gasteiger partial charge in [0.05, 0.1) is 12.7 Å². The van der Waals surface area contributed by atoms with Crippen LogP contribution < -0.4 is 0 Å². The van der Waals surface area contributed by atoms with Crippen LogP contribution in [-0.4, -0.2) is 42.1 Å². The van der Waals surface area contributed by atoms with Crippen LogP contribution in [0.1, 0.15) is 86.0 Å². The summed E-state index contributed by atoms with van der Waals surface area (Å²) in [5.74, 6) is 1.00. The average molecular weight is 487 g/mol. The summed E-state index contributed by atoms with van der Waals surface area (Å²) in [6, 6.07) is 0. The Kier molecular flexibility index (Phi) is 5.41. The molecule has 4 aliphatic carbocycles. The summed E-state index contributed by atoms with van der Waals surface area (Å²) >= 11 is 0. The zero-order chi connectivity index (χ0) is 24.9. The van der Waals surface area contributed by atoms with Crippen LogP contribution in [0.3, 0.4) is 0 Å². The van der Waals surface area contributed by atoms with Crippen molar-refractivity contribution in [2.24, 2.45) is 52.3 Å². The number of hydrogen-bond donors (Lipinski definition) is 0. The maximum atomic E-state index is 14.1. The molecule has 2 heterocycles. The van der Waals surface area contributed by atoms with Gasteiger partial charge >= 0.3 is 5.97 Å². The van der Waals surface area contributed by atoms with Crippen LogP contribution in [-0.2, 0) is 28.6 Å². The quantitative estimate of drug-likeness (QED) is 0.499. The Morgan fingerprint density at radius 1 is 1.00 bits per heavy atom. The molecule has 0 unspecified atom stereocenters. The Balaban J connectivity index is 1.26. The number of Topliss-reactive ketones (excluding diaryl/α,β-unsaturated/α-hetero) is 2. The fraction of sp³-hybridized carbons (Fsp3) is 0.897. The first-order valence-electron chi connectivity index (χ1n) is 14.1. The molecule has 6 rings (SSSR count). The van der Waals surface area contributed by atoms with Gasteiger partial charge in [0.25, 0.3) is 0 Å². The maximum absolute atomic E-state index is 14.1. The highest BCUT2D eigenvalue weighted by molar-refractivity contribution is 5.90. The molecule has 6 fully saturated rings. The smallest absolute Gasteiger partial charge is 0.302 e. The van der Waals surface area contributed by atoms with Crippen LogP contribution in [0.4, 0.5) is 0 Å². The van der Waals surface area contributed by atoms with E-state index in [4.69, 9.17) is 14.2 Å². The first-order valence-corrected chi connectivity index (χ1v) is 14.1.